The molecule has 1 heterocycles. The summed E-state index contributed by atoms with van der Waals surface area (Å²) in [5.41, 5.74) is 3.46. The first kappa shape index (κ1) is 14.3. The monoisotopic (exact) mass is 309 g/mol. The van der Waals surface area contributed by atoms with Crippen LogP contribution >= 0.6 is 11.6 Å². The van der Waals surface area contributed by atoms with Crippen LogP contribution in [0.15, 0.2) is 48.3 Å². The van der Waals surface area contributed by atoms with Gasteiger partial charge in [-0.2, -0.15) is 5.26 Å². The van der Waals surface area contributed by atoms with Crippen molar-refractivity contribution in [1.82, 2.24) is 10.3 Å². The SMILES string of the molecule is N#CC1=C(NCc2ccc(Cl)cc2)c2ccncc2CC1=O. The van der Waals surface area contributed by atoms with Crippen LogP contribution in [0.25, 0.3) is 5.70 Å². The summed E-state index contributed by atoms with van der Waals surface area (Å²) in [7, 11) is 0. The summed E-state index contributed by atoms with van der Waals surface area (Å²) in [6.45, 7) is 0.507. The maximum absolute atomic E-state index is 12.1. The third kappa shape index (κ3) is 2.72. The maximum Gasteiger partial charge on any atom is 0.179 e. The molecule has 1 aliphatic rings. The van der Waals surface area contributed by atoms with Crippen molar-refractivity contribution in [2.24, 2.45) is 0 Å². The number of nitrogens with zero attached hydrogens (tertiary/aromatic N) is 2. The van der Waals surface area contributed by atoms with Crippen LogP contribution < -0.4 is 5.32 Å². The molecule has 0 amide bonds. The van der Waals surface area contributed by atoms with Crippen molar-refractivity contribution in [2.45, 2.75) is 13.0 Å². The zero-order chi connectivity index (χ0) is 15.5. The van der Waals surface area contributed by atoms with Crippen LogP contribution in [0.5, 0.6) is 0 Å². The van der Waals surface area contributed by atoms with Gasteiger partial charge in [-0.25, -0.2) is 0 Å². The number of carbonyl (C=O) groups is 1. The molecule has 0 radical (unpaired) electrons. The predicted molar refractivity (Wildman–Crippen MR) is 83.8 cm³/mol. The normalized spacial score (nSPS) is 13.5. The number of halogens is 1. The van der Waals surface area contributed by atoms with Gasteiger partial charge in [0.1, 0.15) is 11.6 Å². The van der Waals surface area contributed by atoms with Gasteiger partial charge in [-0.15, -0.1) is 0 Å². The standard InChI is InChI=1S/C17H12ClN3O/c18-13-3-1-11(2-4-13)9-21-17-14-5-6-20-10-12(14)7-16(22)15(17)8-19/h1-6,10,21H,7,9H2. The minimum Gasteiger partial charge on any atom is -0.379 e. The van der Waals surface area contributed by atoms with Crippen LogP contribution in [0.2, 0.25) is 5.02 Å². The van der Waals surface area contributed by atoms with Gasteiger partial charge in [0.15, 0.2) is 5.78 Å². The number of hydrogen-bond acceptors (Lipinski definition) is 4. The van der Waals surface area contributed by atoms with Crippen molar-refractivity contribution in [3.63, 3.8) is 0 Å². The molecule has 0 bridgehead atoms. The molecule has 0 fully saturated rings. The van der Waals surface area contributed by atoms with E-state index >= 15 is 0 Å². The third-order valence-electron chi connectivity index (χ3n) is 3.55. The van der Waals surface area contributed by atoms with Gasteiger partial charge in [-0.05, 0) is 29.3 Å². The first-order valence-electron chi connectivity index (χ1n) is 6.78. The second kappa shape index (κ2) is 6.00. The lowest BCUT2D eigenvalue weighted by Gasteiger charge is -2.20. The first-order valence-corrected chi connectivity index (χ1v) is 7.16. The maximum atomic E-state index is 12.1. The highest BCUT2D eigenvalue weighted by molar-refractivity contribution is 6.30. The third-order valence-corrected chi connectivity index (χ3v) is 3.80. The summed E-state index contributed by atoms with van der Waals surface area (Å²) in [5.74, 6) is -0.179. The van der Waals surface area contributed by atoms with E-state index in [1.165, 1.54) is 0 Å². The van der Waals surface area contributed by atoms with Gasteiger partial charge >= 0.3 is 0 Å². The number of hydrogen-bond donors (Lipinski definition) is 1. The molecule has 5 heteroatoms. The number of nitriles is 1. The van der Waals surface area contributed by atoms with E-state index < -0.39 is 0 Å². The average Bonchev–Trinajstić information content (AvgIpc) is 2.53. The van der Waals surface area contributed by atoms with Gasteiger partial charge in [-0.1, -0.05) is 23.7 Å². The first-order chi connectivity index (χ1) is 10.7. The zero-order valence-corrected chi connectivity index (χ0v) is 12.4. The molecule has 3 rings (SSSR count). The minimum absolute atomic E-state index is 0.174. The van der Waals surface area contributed by atoms with Gasteiger partial charge in [0.2, 0.25) is 0 Å². The Hall–Kier alpha value is -2.64. The molecule has 0 atom stereocenters. The molecule has 1 N–H and O–H groups in total. The number of ketones is 1. The van der Waals surface area contributed by atoms with Crippen molar-refractivity contribution in [2.75, 3.05) is 0 Å². The van der Waals surface area contributed by atoms with Crippen molar-refractivity contribution in [3.05, 3.63) is 70.0 Å². The Kier molecular flexibility index (Phi) is 3.90. The zero-order valence-electron chi connectivity index (χ0n) is 11.6. The Morgan fingerprint density at radius 3 is 2.77 bits per heavy atom. The minimum atomic E-state index is -0.179. The van der Waals surface area contributed by atoms with Gasteiger partial charge in [0.25, 0.3) is 0 Å². The molecule has 0 spiro atoms. The van der Waals surface area contributed by atoms with E-state index in [2.05, 4.69) is 10.3 Å². The lowest BCUT2D eigenvalue weighted by molar-refractivity contribution is -0.114. The Labute approximate surface area is 133 Å². The Balaban J connectivity index is 1.93. The summed E-state index contributed by atoms with van der Waals surface area (Å²) < 4.78 is 0. The Morgan fingerprint density at radius 2 is 2.05 bits per heavy atom. The van der Waals surface area contributed by atoms with Gasteiger partial charge in [0.05, 0.1) is 5.70 Å². The number of Topliss-reactive ketones (excluding diaryl/α,β-unsaturated/α-hetero) is 1. The number of carbonyl (C=O) groups excluding carboxylic acids is 1. The number of allylic oxidation sites excluding steroid dienone is 1. The molecule has 0 saturated carbocycles. The molecule has 0 saturated heterocycles. The molecule has 0 aliphatic heterocycles. The van der Waals surface area contributed by atoms with Gasteiger partial charge < -0.3 is 5.32 Å². The van der Waals surface area contributed by atoms with E-state index in [-0.39, 0.29) is 17.8 Å². The fourth-order valence-electron chi connectivity index (χ4n) is 2.44. The van der Waals surface area contributed by atoms with Crippen molar-refractivity contribution in [3.8, 4) is 6.07 Å². The molecule has 1 aromatic heterocycles. The number of rotatable bonds is 3. The second-order valence-electron chi connectivity index (χ2n) is 4.97. The van der Waals surface area contributed by atoms with E-state index in [0.717, 1.165) is 16.7 Å². The second-order valence-corrected chi connectivity index (χ2v) is 5.41. The number of benzene rings is 1. The van der Waals surface area contributed by atoms with Crippen LogP contribution in [0, 0.1) is 11.3 Å². The molecular weight excluding hydrogens is 298 g/mol. The Bertz CT molecular complexity index is 803. The van der Waals surface area contributed by atoms with Crippen molar-refractivity contribution >= 4 is 23.1 Å². The fourth-order valence-corrected chi connectivity index (χ4v) is 2.57. The van der Waals surface area contributed by atoms with E-state index in [4.69, 9.17) is 11.6 Å². The van der Waals surface area contributed by atoms with Crippen LogP contribution in [0.1, 0.15) is 16.7 Å². The molecule has 0 unspecified atom stereocenters. The fraction of sp³-hybridized carbons (Fsp3) is 0.118. The van der Waals surface area contributed by atoms with E-state index in [9.17, 15) is 10.1 Å². The Morgan fingerprint density at radius 1 is 1.27 bits per heavy atom. The van der Waals surface area contributed by atoms with E-state index in [1.54, 1.807) is 12.4 Å². The van der Waals surface area contributed by atoms with Gasteiger partial charge in [0, 0.05) is 35.9 Å². The molecule has 108 valence electrons. The molecule has 2 aromatic rings. The smallest absolute Gasteiger partial charge is 0.179 e. The topological polar surface area (TPSA) is 65.8 Å². The average molecular weight is 310 g/mol. The van der Waals surface area contributed by atoms with E-state index in [0.29, 0.717) is 17.3 Å². The van der Waals surface area contributed by atoms with E-state index in [1.807, 2.05) is 36.4 Å². The number of pyridine rings is 1. The van der Waals surface area contributed by atoms with Crippen LogP contribution in [-0.2, 0) is 17.8 Å². The molecule has 1 aromatic carbocycles. The summed E-state index contributed by atoms with van der Waals surface area (Å²) in [4.78, 5) is 16.1. The molecule has 22 heavy (non-hydrogen) atoms. The molecule has 1 aliphatic carbocycles. The van der Waals surface area contributed by atoms with Crippen LogP contribution in [0.4, 0.5) is 0 Å². The quantitative estimate of drug-likeness (QED) is 0.946. The van der Waals surface area contributed by atoms with Gasteiger partial charge in [-0.3, -0.25) is 9.78 Å². The summed E-state index contributed by atoms with van der Waals surface area (Å²) >= 11 is 5.87. The molecule has 4 nitrogen and oxygen atoms in total. The van der Waals surface area contributed by atoms with Crippen LogP contribution in [0.3, 0.4) is 0 Å². The lowest BCUT2D eigenvalue weighted by atomic mass is 9.90. The summed E-state index contributed by atoms with van der Waals surface area (Å²) in [6, 6.07) is 11.3. The highest BCUT2D eigenvalue weighted by Gasteiger charge is 2.25. The molecular formula is C17H12ClN3O. The number of fused-ring (bicyclic) bond motifs is 1. The largest absolute Gasteiger partial charge is 0.379 e. The number of nitrogens with one attached hydrogen (secondary N) is 1. The van der Waals surface area contributed by atoms with Crippen molar-refractivity contribution < 1.29 is 4.79 Å². The van der Waals surface area contributed by atoms with Crippen molar-refractivity contribution in [1.29, 1.82) is 5.26 Å². The predicted octanol–water partition coefficient (Wildman–Crippen LogP) is 2.88. The highest BCUT2D eigenvalue weighted by Crippen LogP contribution is 2.27. The lowest BCUT2D eigenvalue weighted by Crippen LogP contribution is -2.23. The number of aromatic nitrogens is 1. The summed E-state index contributed by atoms with van der Waals surface area (Å²) in [6.07, 6.45) is 3.55. The van der Waals surface area contributed by atoms with Crippen LogP contribution in [-0.4, -0.2) is 10.8 Å². The summed E-state index contributed by atoms with van der Waals surface area (Å²) in [5, 5.41) is 13.2. The highest BCUT2D eigenvalue weighted by atomic mass is 35.5.